The number of carbonyl (C=O) groups excluding carboxylic acids is 3. The highest BCUT2D eigenvalue weighted by Gasteiger charge is 2.18. The molecule has 1 aromatic heterocycles. The molecule has 0 spiro atoms. The van der Waals surface area contributed by atoms with Crippen molar-refractivity contribution in [1.82, 2.24) is 14.5 Å². The number of nitrogens with zero attached hydrogens (tertiary/aromatic N) is 3. The first kappa shape index (κ1) is 20.7. The summed E-state index contributed by atoms with van der Waals surface area (Å²) >= 11 is 0. The summed E-state index contributed by atoms with van der Waals surface area (Å²) in [6.45, 7) is 6.46. The van der Waals surface area contributed by atoms with Crippen LogP contribution in [0.2, 0.25) is 0 Å². The van der Waals surface area contributed by atoms with Gasteiger partial charge in [-0.1, -0.05) is 13.8 Å². The van der Waals surface area contributed by atoms with Crippen molar-refractivity contribution in [1.29, 1.82) is 0 Å². The highest BCUT2D eigenvalue weighted by Crippen LogP contribution is 2.10. The Hall–Kier alpha value is -3.56. The van der Waals surface area contributed by atoms with E-state index in [-0.39, 0.29) is 35.6 Å². The molecule has 0 aliphatic rings. The van der Waals surface area contributed by atoms with Gasteiger partial charge in [-0.2, -0.15) is 4.98 Å². The highest BCUT2D eigenvalue weighted by molar-refractivity contribution is 5.96. The van der Waals surface area contributed by atoms with Crippen LogP contribution in [-0.2, 0) is 14.3 Å². The lowest BCUT2D eigenvalue weighted by molar-refractivity contribution is -0.135. The number of nitrogens with one attached hydrogen (secondary N) is 1. The summed E-state index contributed by atoms with van der Waals surface area (Å²) in [5.41, 5.74) is -1.44. The van der Waals surface area contributed by atoms with Gasteiger partial charge in [-0.15, -0.1) is 0 Å². The largest absolute Gasteiger partial charge is 0.390 e. The minimum atomic E-state index is -0.882. The maximum absolute atomic E-state index is 12.4. The van der Waals surface area contributed by atoms with Crippen LogP contribution in [0.15, 0.2) is 33.9 Å². The fraction of sp³-hybridized carbons (Fsp3) is 0.333. The fourth-order valence-electron chi connectivity index (χ4n) is 2.43. The molecule has 28 heavy (non-hydrogen) atoms. The van der Waals surface area contributed by atoms with Crippen LogP contribution in [0.5, 0.6) is 0 Å². The predicted molar refractivity (Wildman–Crippen MR) is 99.4 cm³/mol. The highest BCUT2D eigenvalue weighted by atomic mass is 16.6. The van der Waals surface area contributed by atoms with Gasteiger partial charge in [-0.25, -0.2) is 19.0 Å². The fourth-order valence-corrected chi connectivity index (χ4v) is 2.43. The maximum Gasteiger partial charge on any atom is 0.359 e. The first-order chi connectivity index (χ1) is 13.1. The molecule has 0 saturated carbocycles. The van der Waals surface area contributed by atoms with Crippen molar-refractivity contribution in [3.05, 3.63) is 50.8 Å². The Morgan fingerprint density at radius 1 is 1.14 bits per heavy atom. The van der Waals surface area contributed by atoms with Crippen LogP contribution < -0.4 is 16.3 Å². The molecular formula is C18H20N4O6. The number of rotatable bonds is 5. The van der Waals surface area contributed by atoms with Crippen molar-refractivity contribution in [2.75, 3.05) is 11.4 Å². The van der Waals surface area contributed by atoms with E-state index in [0.29, 0.717) is 0 Å². The lowest BCUT2D eigenvalue weighted by Gasteiger charge is -2.21. The summed E-state index contributed by atoms with van der Waals surface area (Å²) in [4.78, 5) is 66.6. The van der Waals surface area contributed by atoms with E-state index < -0.39 is 23.3 Å². The molecule has 0 fully saturated rings. The van der Waals surface area contributed by atoms with Crippen molar-refractivity contribution >= 4 is 23.8 Å². The van der Waals surface area contributed by atoms with Crippen molar-refractivity contribution in [3.8, 4) is 5.69 Å². The normalized spacial score (nSPS) is 10.6. The third-order valence-electron chi connectivity index (χ3n) is 3.60. The molecule has 148 valence electrons. The Morgan fingerprint density at radius 3 is 2.21 bits per heavy atom. The van der Waals surface area contributed by atoms with Crippen LogP contribution in [0.1, 0.15) is 38.1 Å². The van der Waals surface area contributed by atoms with Crippen molar-refractivity contribution in [3.63, 3.8) is 0 Å². The third-order valence-corrected chi connectivity index (χ3v) is 3.60. The van der Waals surface area contributed by atoms with Crippen LogP contribution in [0.25, 0.3) is 5.69 Å². The number of anilines is 1. The van der Waals surface area contributed by atoms with E-state index in [1.54, 1.807) is 0 Å². The van der Waals surface area contributed by atoms with E-state index in [2.05, 4.69) is 14.7 Å². The smallest absolute Gasteiger partial charge is 0.359 e. The molecule has 1 amide bonds. The second kappa shape index (κ2) is 8.42. The van der Waals surface area contributed by atoms with Crippen LogP contribution >= 0.6 is 0 Å². The van der Waals surface area contributed by atoms with Crippen LogP contribution in [0.3, 0.4) is 0 Å². The lowest BCUT2D eigenvalue weighted by Crippen LogP contribution is -2.41. The van der Waals surface area contributed by atoms with E-state index >= 15 is 0 Å². The predicted octanol–water partition coefficient (Wildman–Crippen LogP) is 0.633. The number of H-pyrrole nitrogens is 1. The van der Waals surface area contributed by atoms with Gasteiger partial charge in [0.05, 0.1) is 11.3 Å². The number of hydrogen-bond donors (Lipinski definition) is 1. The summed E-state index contributed by atoms with van der Waals surface area (Å²) in [5.74, 6) is -1.99. The van der Waals surface area contributed by atoms with Gasteiger partial charge in [0.15, 0.2) is 0 Å². The van der Waals surface area contributed by atoms with Crippen molar-refractivity contribution in [2.45, 2.75) is 27.7 Å². The number of ether oxygens (including phenoxy) is 1. The lowest BCUT2D eigenvalue weighted by atomic mass is 10.2. The van der Waals surface area contributed by atoms with Gasteiger partial charge in [0.2, 0.25) is 11.9 Å². The second-order valence-corrected chi connectivity index (χ2v) is 6.43. The number of aromatic amines is 1. The zero-order valence-electron chi connectivity index (χ0n) is 15.9. The summed E-state index contributed by atoms with van der Waals surface area (Å²) in [5, 5.41) is 0. The molecule has 0 radical (unpaired) electrons. The standard InChI is InChI=1S/C18H20N4O6/c1-10(2)9-21(11(3)23)16-19-17(26)22(18(27)20-16)14-7-5-13(6-8-14)15(25)28-12(4)24/h5-8,10H,9H2,1-4H3,(H,19,20,26,27). The van der Waals surface area contributed by atoms with Gasteiger partial charge in [-0.3, -0.25) is 19.5 Å². The molecule has 2 rings (SSSR count). The number of aromatic nitrogens is 3. The minimum absolute atomic E-state index is 0.0766. The molecule has 1 heterocycles. The molecule has 0 saturated heterocycles. The SMILES string of the molecule is CC(=O)OC(=O)c1ccc(-n2c(=O)nc(N(CC(C)C)C(C)=O)[nH]c2=O)cc1. The van der Waals surface area contributed by atoms with Gasteiger partial charge in [0, 0.05) is 20.4 Å². The molecule has 1 aromatic carbocycles. The molecule has 0 aliphatic carbocycles. The van der Waals surface area contributed by atoms with Crippen LogP contribution in [-0.4, -0.2) is 38.9 Å². The molecule has 2 aromatic rings. The van der Waals surface area contributed by atoms with Crippen LogP contribution in [0, 0.1) is 5.92 Å². The number of amides is 1. The molecule has 0 bridgehead atoms. The number of benzene rings is 1. The molecule has 1 N–H and O–H groups in total. The maximum atomic E-state index is 12.4. The van der Waals surface area contributed by atoms with E-state index in [1.165, 1.54) is 36.1 Å². The summed E-state index contributed by atoms with van der Waals surface area (Å²) in [6.07, 6.45) is 0. The average Bonchev–Trinajstić information content (AvgIpc) is 2.58. The number of esters is 2. The van der Waals surface area contributed by atoms with Gasteiger partial charge in [0.1, 0.15) is 0 Å². The summed E-state index contributed by atoms with van der Waals surface area (Å²) in [6, 6.07) is 5.29. The third kappa shape index (κ3) is 4.78. The Labute approximate surface area is 159 Å². The topological polar surface area (TPSA) is 131 Å². The van der Waals surface area contributed by atoms with E-state index in [0.717, 1.165) is 11.5 Å². The van der Waals surface area contributed by atoms with Gasteiger partial charge >= 0.3 is 23.3 Å². The molecule has 0 aliphatic heterocycles. The zero-order chi connectivity index (χ0) is 21.0. The average molecular weight is 388 g/mol. The zero-order valence-corrected chi connectivity index (χ0v) is 15.9. The van der Waals surface area contributed by atoms with Crippen molar-refractivity contribution in [2.24, 2.45) is 5.92 Å². The summed E-state index contributed by atoms with van der Waals surface area (Å²) in [7, 11) is 0. The van der Waals surface area contributed by atoms with E-state index in [4.69, 9.17) is 0 Å². The Morgan fingerprint density at radius 2 is 1.75 bits per heavy atom. The summed E-state index contributed by atoms with van der Waals surface area (Å²) < 4.78 is 5.22. The first-order valence-corrected chi connectivity index (χ1v) is 8.44. The molecule has 0 atom stereocenters. The van der Waals surface area contributed by atoms with Gasteiger partial charge < -0.3 is 4.74 Å². The number of carbonyl (C=O) groups is 3. The minimum Gasteiger partial charge on any atom is -0.390 e. The Bertz CT molecular complexity index is 988. The van der Waals surface area contributed by atoms with E-state index in [9.17, 15) is 24.0 Å². The Balaban J connectivity index is 2.41. The molecule has 10 nitrogen and oxygen atoms in total. The molecular weight excluding hydrogens is 368 g/mol. The van der Waals surface area contributed by atoms with Crippen LogP contribution in [0.4, 0.5) is 5.95 Å². The number of hydrogen-bond acceptors (Lipinski definition) is 7. The first-order valence-electron chi connectivity index (χ1n) is 8.44. The molecule has 10 heteroatoms. The quantitative estimate of drug-likeness (QED) is 0.587. The van der Waals surface area contributed by atoms with Gasteiger partial charge in [0.25, 0.3) is 0 Å². The van der Waals surface area contributed by atoms with Crippen molar-refractivity contribution < 1.29 is 19.1 Å². The molecule has 0 unspecified atom stereocenters. The Kier molecular flexibility index (Phi) is 6.24. The van der Waals surface area contributed by atoms with Gasteiger partial charge in [-0.05, 0) is 30.2 Å². The van der Waals surface area contributed by atoms with E-state index in [1.807, 2.05) is 13.8 Å². The monoisotopic (exact) mass is 388 g/mol. The second-order valence-electron chi connectivity index (χ2n) is 6.43.